The van der Waals surface area contributed by atoms with Gasteiger partial charge in [0.25, 0.3) is 0 Å². The first-order chi connectivity index (χ1) is 7.25. The van der Waals surface area contributed by atoms with E-state index < -0.39 is 0 Å². The first-order valence-electron chi connectivity index (χ1n) is 5.61. The number of aromatic amines is 1. The Morgan fingerprint density at radius 2 is 2.00 bits per heavy atom. The smallest absolute Gasteiger partial charge is 0.0459 e. The largest absolute Gasteiger partial charge is 0.357 e. The van der Waals surface area contributed by atoms with Crippen LogP contribution in [0.25, 0.3) is 10.9 Å². The SMILES string of the molecule is C[C@@H]1N[C@@H](C)Cc2c1[nH]c1ccccc21. The lowest BCUT2D eigenvalue weighted by atomic mass is 9.96. The van der Waals surface area contributed by atoms with Crippen molar-refractivity contribution in [3.8, 4) is 0 Å². The molecule has 15 heavy (non-hydrogen) atoms. The Morgan fingerprint density at radius 3 is 2.87 bits per heavy atom. The van der Waals surface area contributed by atoms with Crippen molar-refractivity contribution in [2.45, 2.75) is 32.4 Å². The molecule has 3 rings (SSSR count). The molecule has 0 aliphatic carbocycles. The first kappa shape index (κ1) is 8.98. The van der Waals surface area contributed by atoms with Crippen LogP contribution in [0.3, 0.4) is 0 Å². The molecule has 2 nitrogen and oxygen atoms in total. The third-order valence-electron chi connectivity index (χ3n) is 3.32. The highest BCUT2D eigenvalue weighted by molar-refractivity contribution is 5.85. The summed E-state index contributed by atoms with van der Waals surface area (Å²) >= 11 is 0. The van der Waals surface area contributed by atoms with E-state index in [2.05, 4.69) is 48.4 Å². The Bertz CT molecular complexity index is 498. The number of benzene rings is 1. The van der Waals surface area contributed by atoms with E-state index in [4.69, 9.17) is 0 Å². The van der Waals surface area contributed by atoms with E-state index in [-0.39, 0.29) is 0 Å². The third kappa shape index (κ3) is 1.29. The summed E-state index contributed by atoms with van der Waals surface area (Å²) in [5.74, 6) is 0. The maximum Gasteiger partial charge on any atom is 0.0459 e. The van der Waals surface area contributed by atoms with E-state index in [0.29, 0.717) is 12.1 Å². The van der Waals surface area contributed by atoms with Gasteiger partial charge in [-0.15, -0.1) is 0 Å². The molecule has 1 aliphatic rings. The number of rotatable bonds is 0. The van der Waals surface area contributed by atoms with Crippen molar-refractivity contribution in [3.05, 3.63) is 35.5 Å². The zero-order valence-corrected chi connectivity index (χ0v) is 9.17. The molecule has 0 bridgehead atoms. The molecule has 0 radical (unpaired) electrons. The lowest BCUT2D eigenvalue weighted by Gasteiger charge is -2.26. The third-order valence-corrected chi connectivity index (χ3v) is 3.32. The second-order valence-electron chi connectivity index (χ2n) is 4.56. The number of hydrogen-bond acceptors (Lipinski definition) is 1. The van der Waals surface area contributed by atoms with Crippen LogP contribution < -0.4 is 5.32 Å². The quantitative estimate of drug-likeness (QED) is 0.672. The Balaban J connectivity index is 2.27. The van der Waals surface area contributed by atoms with Crippen molar-refractivity contribution in [3.63, 3.8) is 0 Å². The van der Waals surface area contributed by atoms with Gasteiger partial charge in [-0.3, -0.25) is 0 Å². The number of nitrogens with one attached hydrogen (secondary N) is 2. The highest BCUT2D eigenvalue weighted by Gasteiger charge is 2.23. The van der Waals surface area contributed by atoms with Gasteiger partial charge in [-0.25, -0.2) is 0 Å². The van der Waals surface area contributed by atoms with Gasteiger partial charge in [0.2, 0.25) is 0 Å². The highest BCUT2D eigenvalue weighted by atomic mass is 15.0. The van der Waals surface area contributed by atoms with Crippen LogP contribution >= 0.6 is 0 Å². The van der Waals surface area contributed by atoms with Crippen molar-refractivity contribution in [2.24, 2.45) is 0 Å². The van der Waals surface area contributed by atoms with Gasteiger partial charge in [0.05, 0.1) is 0 Å². The molecule has 1 aromatic carbocycles. The summed E-state index contributed by atoms with van der Waals surface area (Å²) in [6.45, 7) is 4.48. The number of hydrogen-bond donors (Lipinski definition) is 2. The Morgan fingerprint density at radius 1 is 1.20 bits per heavy atom. The molecule has 2 heteroatoms. The van der Waals surface area contributed by atoms with Crippen molar-refractivity contribution in [1.82, 2.24) is 10.3 Å². The van der Waals surface area contributed by atoms with E-state index in [1.807, 2.05) is 0 Å². The summed E-state index contributed by atoms with van der Waals surface area (Å²) in [6, 6.07) is 9.60. The number of H-pyrrole nitrogens is 1. The number of para-hydroxylation sites is 1. The number of fused-ring (bicyclic) bond motifs is 3. The van der Waals surface area contributed by atoms with Gasteiger partial charge in [-0.1, -0.05) is 18.2 Å². The average Bonchev–Trinajstić information content (AvgIpc) is 2.57. The maximum absolute atomic E-state index is 3.57. The summed E-state index contributed by atoms with van der Waals surface area (Å²) in [6.07, 6.45) is 1.13. The van der Waals surface area contributed by atoms with Crippen LogP contribution in [0, 0.1) is 0 Å². The molecule has 0 spiro atoms. The molecule has 2 aromatic rings. The van der Waals surface area contributed by atoms with Gasteiger partial charge in [0.1, 0.15) is 0 Å². The van der Waals surface area contributed by atoms with E-state index >= 15 is 0 Å². The van der Waals surface area contributed by atoms with Gasteiger partial charge >= 0.3 is 0 Å². The fraction of sp³-hybridized carbons (Fsp3) is 0.385. The van der Waals surface area contributed by atoms with Crippen LogP contribution in [0.1, 0.15) is 31.1 Å². The summed E-state index contributed by atoms with van der Waals surface area (Å²) < 4.78 is 0. The van der Waals surface area contributed by atoms with E-state index in [1.54, 1.807) is 0 Å². The first-order valence-corrected chi connectivity index (χ1v) is 5.61. The van der Waals surface area contributed by atoms with Crippen LogP contribution in [0.5, 0.6) is 0 Å². The predicted molar refractivity (Wildman–Crippen MR) is 63.0 cm³/mol. The second kappa shape index (κ2) is 3.11. The normalized spacial score (nSPS) is 25.5. The molecule has 0 fully saturated rings. The summed E-state index contributed by atoms with van der Waals surface area (Å²) in [4.78, 5) is 3.52. The molecule has 2 N–H and O–H groups in total. The molecule has 78 valence electrons. The fourth-order valence-corrected chi connectivity index (χ4v) is 2.69. The van der Waals surface area contributed by atoms with E-state index in [0.717, 1.165) is 6.42 Å². The fourth-order valence-electron chi connectivity index (χ4n) is 2.69. The molecule has 0 amide bonds. The van der Waals surface area contributed by atoms with Gasteiger partial charge in [-0.05, 0) is 31.9 Å². The molecule has 2 atom stereocenters. The van der Waals surface area contributed by atoms with E-state index in [9.17, 15) is 0 Å². The molecular formula is C13H16N2. The van der Waals surface area contributed by atoms with Crippen LogP contribution in [0.15, 0.2) is 24.3 Å². The van der Waals surface area contributed by atoms with Crippen LogP contribution in [-0.2, 0) is 6.42 Å². The molecule has 1 aromatic heterocycles. The molecule has 0 saturated carbocycles. The Hall–Kier alpha value is -1.28. The average molecular weight is 200 g/mol. The van der Waals surface area contributed by atoms with Gasteiger partial charge < -0.3 is 10.3 Å². The molecule has 0 saturated heterocycles. The molecule has 1 aliphatic heterocycles. The predicted octanol–water partition coefficient (Wildman–Crippen LogP) is 2.76. The van der Waals surface area contributed by atoms with Crippen LogP contribution in [-0.4, -0.2) is 11.0 Å². The zero-order chi connectivity index (χ0) is 10.4. The Kier molecular flexibility index (Phi) is 1.86. The molecular weight excluding hydrogens is 184 g/mol. The van der Waals surface area contributed by atoms with Crippen LogP contribution in [0.2, 0.25) is 0 Å². The maximum atomic E-state index is 3.57. The Labute approximate surface area is 89.7 Å². The summed E-state index contributed by atoms with van der Waals surface area (Å²) in [7, 11) is 0. The standard InChI is InChI=1S/C13H16N2/c1-8-7-11-10-5-3-4-6-12(10)15-13(11)9(2)14-8/h3-6,8-9,14-15H,7H2,1-2H3/t8-,9-/m0/s1. The highest BCUT2D eigenvalue weighted by Crippen LogP contribution is 2.31. The van der Waals surface area contributed by atoms with Crippen molar-refractivity contribution < 1.29 is 0 Å². The minimum Gasteiger partial charge on any atom is -0.357 e. The monoisotopic (exact) mass is 200 g/mol. The van der Waals surface area contributed by atoms with Gasteiger partial charge in [0, 0.05) is 28.7 Å². The van der Waals surface area contributed by atoms with E-state index in [1.165, 1.54) is 22.2 Å². The van der Waals surface area contributed by atoms with Crippen LogP contribution in [0.4, 0.5) is 0 Å². The summed E-state index contributed by atoms with van der Waals surface area (Å²) in [5, 5.41) is 4.96. The van der Waals surface area contributed by atoms with Gasteiger partial charge in [-0.2, -0.15) is 0 Å². The minimum atomic E-state index is 0.441. The molecule has 0 unspecified atom stereocenters. The number of aromatic nitrogens is 1. The van der Waals surface area contributed by atoms with Crippen molar-refractivity contribution in [1.29, 1.82) is 0 Å². The lowest BCUT2D eigenvalue weighted by molar-refractivity contribution is 0.441. The zero-order valence-electron chi connectivity index (χ0n) is 9.17. The summed E-state index contributed by atoms with van der Waals surface area (Å²) in [5.41, 5.74) is 4.14. The topological polar surface area (TPSA) is 27.8 Å². The molecule has 2 heterocycles. The second-order valence-corrected chi connectivity index (χ2v) is 4.56. The van der Waals surface area contributed by atoms with Crippen molar-refractivity contribution >= 4 is 10.9 Å². The lowest BCUT2D eigenvalue weighted by Crippen LogP contribution is -2.35. The van der Waals surface area contributed by atoms with Crippen molar-refractivity contribution in [2.75, 3.05) is 0 Å². The van der Waals surface area contributed by atoms with Gasteiger partial charge in [0.15, 0.2) is 0 Å². The minimum absolute atomic E-state index is 0.441.